The zero-order chi connectivity index (χ0) is 20.2. The molecule has 1 aliphatic rings. The van der Waals surface area contributed by atoms with Gasteiger partial charge in [0.25, 0.3) is 0 Å². The smallest absolute Gasteiger partial charge is 0.342 e. The summed E-state index contributed by atoms with van der Waals surface area (Å²) in [6.45, 7) is 0. The lowest BCUT2D eigenvalue weighted by molar-refractivity contribution is 0.475. The van der Waals surface area contributed by atoms with Crippen LogP contribution in [0.3, 0.4) is 0 Å². The summed E-state index contributed by atoms with van der Waals surface area (Å²) in [7, 11) is 0. The summed E-state index contributed by atoms with van der Waals surface area (Å²) >= 11 is 0. The molecule has 0 aliphatic carbocycles. The summed E-state index contributed by atoms with van der Waals surface area (Å²) in [5.74, 6) is -0.125. The molecule has 0 fully saturated rings. The lowest BCUT2D eigenvalue weighted by Crippen LogP contribution is -2.22. The maximum atomic E-state index is 13.2. The molecule has 1 aromatic heterocycles. The van der Waals surface area contributed by atoms with E-state index < -0.39 is 0 Å². The highest BCUT2D eigenvalue weighted by molar-refractivity contribution is 6.00. The lowest BCUT2D eigenvalue weighted by atomic mass is 9.79. The number of phenolic OH excluding ortho intramolecular Hbond substituents is 1. The first kappa shape index (κ1) is 16.9. The van der Waals surface area contributed by atoms with Gasteiger partial charge in [-0.1, -0.05) is 54.6 Å². The van der Waals surface area contributed by atoms with Crippen molar-refractivity contribution in [3.05, 3.63) is 112 Å². The van der Waals surface area contributed by atoms with Crippen molar-refractivity contribution in [3.8, 4) is 5.75 Å². The van der Waals surface area contributed by atoms with Crippen molar-refractivity contribution in [2.45, 2.75) is 5.92 Å². The molecule has 1 unspecified atom stereocenters. The second kappa shape index (κ2) is 6.22. The van der Waals surface area contributed by atoms with Crippen molar-refractivity contribution >= 4 is 33.1 Å². The Hall–Kier alpha value is -4.05. The Balaban J connectivity index is 1.76. The number of hydrogen-bond donors (Lipinski definition) is 2. The Morgan fingerprint density at radius 2 is 1.50 bits per heavy atom. The molecule has 5 aromatic rings. The van der Waals surface area contributed by atoms with E-state index in [0.717, 1.165) is 38.7 Å². The topological polar surface area (TPSA) is 62.5 Å². The van der Waals surface area contributed by atoms with Gasteiger partial charge >= 0.3 is 5.63 Å². The highest BCUT2D eigenvalue weighted by atomic mass is 16.4. The number of phenols is 1. The van der Waals surface area contributed by atoms with E-state index >= 15 is 0 Å². The minimum Gasteiger partial charge on any atom is -0.508 e. The quantitative estimate of drug-likeness (QED) is 0.343. The number of hydrogen-bond acceptors (Lipinski definition) is 4. The molecule has 4 heteroatoms. The van der Waals surface area contributed by atoms with Crippen molar-refractivity contribution in [1.29, 1.82) is 0 Å². The third-order valence-corrected chi connectivity index (χ3v) is 5.88. The van der Waals surface area contributed by atoms with Gasteiger partial charge in [-0.05, 0) is 52.2 Å². The Bertz CT molecular complexity index is 1500. The third kappa shape index (κ3) is 2.37. The van der Waals surface area contributed by atoms with Crippen LogP contribution in [0.4, 0.5) is 11.4 Å². The first-order valence-electron chi connectivity index (χ1n) is 9.84. The fraction of sp³-hybridized carbons (Fsp3) is 0.0385. The van der Waals surface area contributed by atoms with Crippen molar-refractivity contribution in [1.82, 2.24) is 0 Å². The van der Waals surface area contributed by atoms with Crippen molar-refractivity contribution in [3.63, 3.8) is 0 Å². The van der Waals surface area contributed by atoms with Crippen LogP contribution in [-0.4, -0.2) is 5.11 Å². The molecule has 0 bridgehead atoms. The number of para-hydroxylation sites is 1. The molecule has 0 saturated heterocycles. The molecule has 1 aliphatic heterocycles. The number of nitrogens with one attached hydrogen (secondary N) is 1. The molecule has 0 radical (unpaired) electrons. The molecule has 0 saturated carbocycles. The fourth-order valence-corrected chi connectivity index (χ4v) is 4.56. The van der Waals surface area contributed by atoms with Crippen LogP contribution >= 0.6 is 0 Å². The SMILES string of the molecule is O=c1oc2ccccc2c2c1C(c1ccc(O)cc1)c1c(ccc3ccccc13)N2. The molecule has 0 amide bonds. The van der Waals surface area contributed by atoms with Crippen LogP contribution < -0.4 is 10.9 Å². The van der Waals surface area contributed by atoms with Crippen LogP contribution in [0.15, 0.2) is 94.1 Å². The number of anilines is 2. The Labute approximate surface area is 172 Å². The van der Waals surface area contributed by atoms with Crippen molar-refractivity contribution < 1.29 is 9.52 Å². The van der Waals surface area contributed by atoms with Gasteiger partial charge in [0.1, 0.15) is 11.3 Å². The van der Waals surface area contributed by atoms with E-state index in [2.05, 4.69) is 29.6 Å². The van der Waals surface area contributed by atoms with Crippen LogP contribution in [0.2, 0.25) is 0 Å². The second-order valence-corrected chi connectivity index (χ2v) is 7.57. The second-order valence-electron chi connectivity index (χ2n) is 7.57. The van der Waals surface area contributed by atoms with Gasteiger partial charge in [-0.2, -0.15) is 0 Å². The Kier molecular flexibility index (Phi) is 3.50. The monoisotopic (exact) mass is 391 g/mol. The van der Waals surface area contributed by atoms with E-state index in [9.17, 15) is 9.90 Å². The first-order chi connectivity index (χ1) is 14.7. The van der Waals surface area contributed by atoms with Gasteiger partial charge in [-0.15, -0.1) is 0 Å². The molecule has 1 atom stereocenters. The van der Waals surface area contributed by atoms with Gasteiger partial charge in [0.05, 0.1) is 11.3 Å². The van der Waals surface area contributed by atoms with E-state index in [1.54, 1.807) is 12.1 Å². The van der Waals surface area contributed by atoms with Gasteiger partial charge in [0.15, 0.2) is 0 Å². The summed E-state index contributed by atoms with van der Waals surface area (Å²) in [4.78, 5) is 13.2. The molecule has 4 nitrogen and oxygen atoms in total. The largest absolute Gasteiger partial charge is 0.508 e. The number of aromatic hydroxyl groups is 1. The van der Waals surface area contributed by atoms with E-state index in [0.29, 0.717) is 11.1 Å². The molecule has 2 heterocycles. The van der Waals surface area contributed by atoms with E-state index in [-0.39, 0.29) is 17.3 Å². The number of benzene rings is 4. The summed E-state index contributed by atoms with van der Waals surface area (Å²) in [5.41, 5.74) is 4.50. The maximum Gasteiger partial charge on any atom is 0.342 e. The van der Waals surface area contributed by atoms with Crippen LogP contribution in [0, 0.1) is 0 Å². The van der Waals surface area contributed by atoms with Crippen LogP contribution in [0.25, 0.3) is 21.7 Å². The average Bonchev–Trinajstić information content (AvgIpc) is 2.78. The molecule has 4 aromatic carbocycles. The molecular formula is C26H17NO3. The summed E-state index contributed by atoms with van der Waals surface area (Å²) in [6, 6.07) is 27.0. The minimum atomic E-state index is -0.354. The summed E-state index contributed by atoms with van der Waals surface area (Å²) in [5, 5.41) is 16.4. The normalized spacial score (nSPS) is 14.9. The van der Waals surface area contributed by atoms with Gasteiger partial charge in [0.2, 0.25) is 0 Å². The summed E-state index contributed by atoms with van der Waals surface area (Å²) in [6.07, 6.45) is 0. The maximum absolute atomic E-state index is 13.2. The van der Waals surface area contributed by atoms with E-state index in [1.165, 1.54) is 0 Å². The van der Waals surface area contributed by atoms with E-state index in [4.69, 9.17) is 4.42 Å². The highest BCUT2D eigenvalue weighted by Crippen LogP contribution is 2.48. The lowest BCUT2D eigenvalue weighted by Gasteiger charge is -2.30. The number of rotatable bonds is 1. The number of fused-ring (bicyclic) bond motifs is 6. The average molecular weight is 391 g/mol. The third-order valence-electron chi connectivity index (χ3n) is 5.88. The van der Waals surface area contributed by atoms with Crippen molar-refractivity contribution in [2.24, 2.45) is 0 Å². The highest BCUT2D eigenvalue weighted by Gasteiger charge is 2.33. The summed E-state index contributed by atoms with van der Waals surface area (Å²) < 4.78 is 5.72. The molecule has 144 valence electrons. The molecule has 30 heavy (non-hydrogen) atoms. The fourth-order valence-electron chi connectivity index (χ4n) is 4.56. The molecule has 0 spiro atoms. The van der Waals surface area contributed by atoms with Crippen LogP contribution in [0.1, 0.15) is 22.6 Å². The first-order valence-corrected chi connectivity index (χ1v) is 9.84. The predicted molar refractivity (Wildman–Crippen MR) is 119 cm³/mol. The Morgan fingerprint density at radius 3 is 2.33 bits per heavy atom. The molecular weight excluding hydrogens is 374 g/mol. The Morgan fingerprint density at radius 1 is 0.767 bits per heavy atom. The minimum absolute atomic E-state index is 0.191. The van der Waals surface area contributed by atoms with Crippen molar-refractivity contribution in [2.75, 3.05) is 5.32 Å². The van der Waals surface area contributed by atoms with Crippen LogP contribution in [0.5, 0.6) is 5.75 Å². The predicted octanol–water partition coefficient (Wildman–Crippen LogP) is 5.89. The molecule has 2 N–H and O–H groups in total. The van der Waals surface area contributed by atoms with Gasteiger partial charge in [0, 0.05) is 17.0 Å². The van der Waals surface area contributed by atoms with E-state index in [1.807, 2.05) is 48.5 Å². The zero-order valence-electron chi connectivity index (χ0n) is 15.9. The standard InChI is InChI=1S/C26H17NO3/c28-17-12-9-16(10-13-17)22-23-18-6-2-1-5-15(18)11-14-20(23)27-25-19-7-3-4-8-21(19)30-26(29)24(22)25/h1-14,22,27-28H. The van der Waals surface area contributed by atoms with Gasteiger partial charge in [-0.25, -0.2) is 4.79 Å². The van der Waals surface area contributed by atoms with Crippen LogP contribution in [-0.2, 0) is 0 Å². The van der Waals surface area contributed by atoms with Gasteiger partial charge < -0.3 is 14.8 Å². The molecule has 6 rings (SSSR count). The zero-order valence-corrected chi connectivity index (χ0v) is 15.9. The van der Waals surface area contributed by atoms with Gasteiger partial charge in [-0.3, -0.25) is 0 Å².